The maximum Gasteiger partial charge on any atom is 0.227 e. The average Bonchev–Trinajstić information content (AvgIpc) is 3.21. The highest BCUT2D eigenvalue weighted by Gasteiger charge is 2.20. The van der Waals surface area contributed by atoms with Gasteiger partial charge in [0.2, 0.25) is 17.6 Å². The van der Waals surface area contributed by atoms with Crippen molar-refractivity contribution >= 4 is 5.91 Å². The fourth-order valence-corrected chi connectivity index (χ4v) is 3.25. The number of aryl methyl sites for hydroxylation is 3. The Bertz CT molecular complexity index is 900. The molecule has 1 aliphatic rings. The number of nitrogens with zero attached hydrogens (tertiary/aromatic N) is 5. The number of benzene rings is 1. The Balaban J connectivity index is 1.37. The number of aromatic nitrogens is 4. The summed E-state index contributed by atoms with van der Waals surface area (Å²) in [5, 5.41) is 8.48. The number of hydrogen-bond donors (Lipinski definition) is 0. The molecule has 7 heteroatoms. The van der Waals surface area contributed by atoms with Crippen LogP contribution in [0.3, 0.4) is 0 Å². The van der Waals surface area contributed by atoms with Crippen LogP contribution in [0.5, 0.6) is 0 Å². The Morgan fingerprint density at radius 1 is 1.23 bits per heavy atom. The zero-order valence-electron chi connectivity index (χ0n) is 14.8. The number of hydrogen-bond acceptors (Lipinski definition) is 5. The van der Waals surface area contributed by atoms with Crippen LogP contribution >= 0.6 is 0 Å². The highest BCUT2D eigenvalue weighted by molar-refractivity contribution is 5.76. The van der Waals surface area contributed by atoms with Crippen molar-refractivity contribution in [1.82, 2.24) is 24.8 Å². The molecule has 0 N–H and O–H groups in total. The lowest BCUT2D eigenvalue weighted by molar-refractivity contribution is -0.131. The van der Waals surface area contributed by atoms with Crippen LogP contribution in [0, 0.1) is 6.92 Å². The van der Waals surface area contributed by atoms with Crippen molar-refractivity contribution in [3.63, 3.8) is 0 Å². The molecule has 0 unspecified atom stereocenters. The summed E-state index contributed by atoms with van der Waals surface area (Å²) in [7, 11) is 0. The largest absolute Gasteiger partial charge is 0.339 e. The van der Waals surface area contributed by atoms with E-state index in [0.29, 0.717) is 31.1 Å². The van der Waals surface area contributed by atoms with E-state index in [1.165, 1.54) is 0 Å². The number of rotatable bonds is 4. The van der Waals surface area contributed by atoms with Crippen LogP contribution in [-0.4, -0.2) is 37.3 Å². The van der Waals surface area contributed by atoms with Gasteiger partial charge in [-0.05, 0) is 19.4 Å². The third-order valence-corrected chi connectivity index (χ3v) is 4.54. The van der Waals surface area contributed by atoms with Gasteiger partial charge in [0, 0.05) is 31.5 Å². The van der Waals surface area contributed by atoms with Crippen molar-refractivity contribution < 1.29 is 9.32 Å². The first-order valence-electron chi connectivity index (χ1n) is 8.88. The van der Waals surface area contributed by atoms with Gasteiger partial charge in [-0.25, -0.2) is 0 Å². The molecule has 2 aromatic heterocycles. The first-order valence-corrected chi connectivity index (χ1v) is 8.88. The summed E-state index contributed by atoms with van der Waals surface area (Å²) >= 11 is 0. The second kappa shape index (κ2) is 7.11. The van der Waals surface area contributed by atoms with Gasteiger partial charge in [-0.15, -0.1) is 0 Å². The predicted molar refractivity (Wildman–Crippen MR) is 95.1 cm³/mol. The molecule has 0 fully saturated rings. The first kappa shape index (κ1) is 16.5. The highest BCUT2D eigenvalue weighted by Crippen LogP contribution is 2.17. The van der Waals surface area contributed by atoms with Crippen molar-refractivity contribution in [3.05, 3.63) is 53.7 Å². The van der Waals surface area contributed by atoms with E-state index in [0.717, 1.165) is 36.5 Å². The summed E-state index contributed by atoms with van der Waals surface area (Å²) in [5.41, 5.74) is 3.00. The fourth-order valence-electron chi connectivity index (χ4n) is 3.25. The zero-order chi connectivity index (χ0) is 17.9. The van der Waals surface area contributed by atoms with Crippen LogP contribution in [0.2, 0.25) is 0 Å². The first-order chi connectivity index (χ1) is 12.7. The van der Waals surface area contributed by atoms with Gasteiger partial charge in [-0.3, -0.25) is 9.48 Å². The molecule has 0 atom stereocenters. The fraction of sp³-hybridized carbons (Fsp3) is 0.368. The van der Waals surface area contributed by atoms with Gasteiger partial charge < -0.3 is 9.42 Å². The molecule has 0 aliphatic carbocycles. The molecule has 1 aliphatic heterocycles. The Labute approximate surface area is 151 Å². The molecular weight excluding hydrogens is 330 g/mol. The van der Waals surface area contributed by atoms with Crippen LogP contribution in [0.1, 0.15) is 30.1 Å². The average molecular weight is 351 g/mol. The number of amides is 1. The van der Waals surface area contributed by atoms with Crippen molar-refractivity contribution in [2.75, 3.05) is 6.54 Å². The summed E-state index contributed by atoms with van der Waals surface area (Å²) in [5.74, 6) is 1.16. The Morgan fingerprint density at radius 3 is 2.92 bits per heavy atom. The van der Waals surface area contributed by atoms with Gasteiger partial charge in [0.15, 0.2) is 0 Å². The van der Waals surface area contributed by atoms with Crippen molar-refractivity contribution in [1.29, 1.82) is 0 Å². The second-order valence-corrected chi connectivity index (χ2v) is 6.55. The standard InChI is InChI=1S/C19H21N5O2/c1-14-12-16-13-23(10-5-11-24(16)21-14)18(25)9-8-17-20-19(22-26-17)15-6-3-2-4-7-15/h2-4,6-7,12H,5,8-11,13H2,1H3. The molecule has 0 saturated carbocycles. The third kappa shape index (κ3) is 3.51. The van der Waals surface area contributed by atoms with Gasteiger partial charge in [-0.1, -0.05) is 35.5 Å². The Hall–Kier alpha value is -2.96. The molecule has 1 aromatic carbocycles. The van der Waals surface area contributed by atoms with Gasteiger partial charge in [0.05, 0.1) is 17.9 Å². The van der Waals surface area contributed by atoms with E-state index < -0.39 is 0 Å². The third-order valence-electron chi connectivity index (χ3n) is 4.54. The lowest BCUT2D eigenvalue weighted by Crippen LogP contribution is -2.30. The van der Waals surface area contributed by atoms with Crippen molar-refractivity contribution in [2.24, 2.45) is 0 Å². The summed E-state index contributed by atoms with van der Waals surface area (Å²) in [6.45, 7) is 4.20. The van der Waals surface area contributed by atoms with E-state index >= 15 is 0 Å². The van der Waals surface area contributed by atoms with Crippen molar-refractivity contribution in [3.8, 4) is 11.4 Å². The molecule has 0 spiro atoms. The Morgan fingerprint density at radius 2 is 2.08 bits per heavy atom. The smallest absolute Gasteiger partial charge is 0.227 e. The predicted octanol–water partition coefficient (Wildman–Crippen LogP) is 2.61. The van der Waals surface area contributed by atoms with E-state index in [1.807, 2.05) is 46.8 Å². The summed E-state index contributed by atoms with van der Waals surface area (Å²) in [6.07, 6.45) is 1.73. The molecule has 0 bridgehead atoms. The molecule has 26 heavy (non-hydrogen) atoms. The topological polar surface area (TPSA) is 77.1 Å². The number of fused-ring (bicyclic) bond motifs is 1. The number of carbonyl (C=O) groups is 1. The van der Waals surface area contributed by atoms with Crippen LogP contribution in [0.25, 0.3) is 11.4 Å². The van der Waals surface area contributed by atoms with Gasteiger partial charge in [0.1, 0.15) is 0 Å². The zero-order valence-corrected chi connectivity index (χ0v) is 14.8. The lowest BCUT2D eigenvalue weighted by Gasteiger charge is -2.19. The van der Waals surface area contributed by atoms with E-state index in [-0.39, 0.29) is 5.91 Å². The highest BCUT2D eigenvalue weighted by atomic mass is 16.5. The molecule has 3 aromatic rings. The van der Waals surface area contributed by atoms with E-state index in [9.17, 15) is 4.79 Å². The molecular formula is C19H21N5O2. The lowest BCUT2D eigenvalue weighted by atomic mass is 10.2. The van der Waals surface area contributed by atoms with Gasteiger partial charge >= 0.3 is 0 Å². The summed E-state index contributed by atoms with van der Waals surface area (Å²) < 4.78 is 7.30. The second-order valence-electron chi connectivity index (χ2n) is 6.55. The maximum atomic E-state index is 12.6. The SMILES string of the molecule is Cc1cc2n(n1)CCCN(C(=O)CCc1nc(-c3ccccc3)no1)C2. The maximum absolute atomic E-state index is 12.6. The van der Waals surface area contributed by atoms with Crippen LogP contribution < -0.4 is 0 Å². The van der Waals surface area contributed by atoms with Gasteiger partial charge in [-0.2, -0.15) is 10.1 Å². The minimum Gasteiger partial charge on any atom is -0.339 e. The number of carbonyl (C=O) groups excluding carboxylic acids is 1. The molecule has 134 valence electrons. The molecule has 4 rings (SSSR count). The summed E-state index contributed by atoms with van der Waals surface area (Å²) in [6, 6.07) is 11.7. The molecule has 0 saturated heterocycles. The molecule has 1 amide bonds. The van der Waals surface area contributed by atoms with Gasteiger partial charge in [0.25, 0.3) is 0 Å². The van der Waals surface area contributed by atoms with Crippen LogP contribution in [-0.2, 0) is 24.3 Å². The van der Waals surface area contributed by atoms with Crippen LogP contribution in [0.4, 0.5) is 0 Å². The molecule has 3 heterocycles. The van der Waals surface area contributed by atoms with E-state index in [4.69, 9.17) is 4.52 Å². The van der Waals surface area contributed by atoms with E-state index in [1.54, 1.807) is 0 Å². The minimum atomic E-state index is 0.108. The molecule has 0 radical (unpaired) electrons. The normalized spacial score (nSPS) is 14.1. The van der Waals surface area contributed by atoms with Crippen molar-refractivity contribution in [2.45, 2.75) is 39.3 Å². The van der Waals surface area contributed by atoms with Crippen LogP contribution in [0.15, 0.2) is 40.9 Å². The van der Waals surface area contributed by atoms with E-state index in [2.05, 4.69) is 21.3 Å². The monoisotopic (exact) mass is 351 g/mol. The Kier molecular flexibility index (Phi) is 4.51. The minimum absolute atomic E-state index is 0.108. The molecule has 7 nitrogen and oxygen atoms in total. The quantitative estimate of drug-likeness (QED) is 0.722. The summed E-state index contributed by atoms with van der Waals surface area (Å²) in [4.78, 5) is 18.9.